The Balaban J connectivity index is 1.66. The number of halogens is 1. The molecule has 0 amide bonds. The Morgan fingerprint density at radius 2 is 1.85 bits per heavy atom. The number of para-hydroxylation sites is 1. The van der Waals surface area contributed by atoms with Crippen LogP contribution in [0.15, 0.2) is 66.7 Å². The number of rotatable bonds is 6. The number of aliphatic carboxylic acids is 1. The fourth-order valence-electron chi connectivity index (χ4n) is 4.69. The zero-order valence-corrected chi connectivity index (χ0v) is 18.6. The van der Waals surface area contributed by atoms with E-state index in [1.54, 1.807) is 6.07 Å². The molecule has 4 aromatic rings. The first kappa shape index (κ1) is 21.9. The average molecular weight is 458 g/mol. The van der Waals surface area contributed by atoms with E-state index in [1.165, 1.54) is 12.1 Å². The van der Waals surface area contributed by atoms with Crippen LogP contribution in [0.5, 0.6) is 5.75 Å². The van der Waals surface area contributed by atoms with Crippen molar-refractivity contribution in [3.05, 3.63) is 78.1 Å². The fourth-order valence-corrected chi connectivity index (χ4v) is 4.69. The summed E-state index contributed by atoms with van der Waals surface area (Å²) in [7, 11) is 0. The lowest BCUT2D eigenvalue weighted by Crippen LogP contribution is -2.34. The zero-order chi connectivity index (χ0) is 23.8. The van der Waals surface area contributed by atoms with E-state index in [9.17, 15) is 14.3 Å². The number of ether oxygens (including phenoxy) is 1. The van der Waals surface area contributed by atoms with E-state index in [1.807, 2.05) is 55.5 Å². The average Bonchev–Trinajstić information content (AvgIpc) is 3.25. The van der Waals surface area contributed by atoms with Crippen LogP contribution in [-0.2, 0) is 4.79 Å². The normalized spacial score (nSPS) is 16.8. The van der Waals surface area contributed by atoms with Gasteiger partial charge in [-0.15, -0.1) is 0 Å². The molecule has 1 unspecified atom stereocenters. The third-order valence-corrected chi connectivity index (χ3v) is 6.23. The number of anilines is 1. The molecule has 1 aliphatic heterocycles. The molecular formula is C27H24FN3O3. The van der Waals surface area contributed by atoms with E-state index in [0.29, 0.717) is 34.5 Å². The van der Waals surface area contributed by atoms with Crippen molar-refractivity contribution in [3.63, 3.8) is 0 Å². The predicted molar refractivity (Wildman–Crippen MR) is 131 cm³/mol. The maximum absolute atomic E-state index is 14.0. The molecule has 0 saturated heterocycles. The maximum Gasteiger partial charge on any atom is 0.326 e. The monoisotopic (exact) mass is 457 g/mol. The molecular weight excluding hydrogens is 433 g/mol. The molecule has 172 valence electrons. The molecule has 0 aliphatic carbocycles. The van der Waals surface area contributed by atoms with Gasteiger partial charge in [-0.3, -0.25) is 0 Å². The van der Waals surface area contributed by atoms with Crippen molar-refractivity contribution >= 4 is 22.6 Å². The molecule has 5 rings (SSSR count). The van der Waals surface area contributed by atoms with Gasteiger partial charge in [0.2, 0.25) is 0 Å². The predicted octanol–water partition coefficient (Wildman–Crippen LogP) is 5.03. The van der Waals surface area contributed by atoms with Crippen LogP contribution >= 0.6 is 0 Å². The van der Waals surface area contributed by atoms with Crippen molar-refractivity contribution in [2.24, 2.45) is 5.73 Å². The number of aromatic nitrogens is 1. The molecule has 1 aromatic heterocycles. The van der Waals surface area contributed by atoms with Crippen LogP contribution in [0.1, 0.15) is 18.4 Å². The maximum atomic E-state index is 14.0. The number of fused-ring (bicyclic) bond motifs is 3. The lowest BCUT2D eigenvalue weighted by Gasteiger charge is -2.17. The third-order valence-electron chi connectivity index (χ3n) is 6.23. The summed E-state index contributed by atoms with van der Waals surface area (Å²) in [4.78, 5) is 16.8. The van der Waals surface area contributed by atoms with Gasteiger partial charge in [0.05, 0.1) is 23.5 Å². The summed E-state index contributed by atoms with van der Waals surface area (Å²) in [6.07, 6.45) is 0. The minimum Gasteiger partial charge on any atom is -0.493 e. The van der Waals surface area contributed by atoms with Crippen molar-refractivity contribution in [1.82, 2.24) is 4.98 Å². The minimum absolute atomic E-state index is 0.117. The lowest BCUT2D eigenvalue weighted by atomic mass is 9.90. The summed E-state index contributed by atoms with van der Waals surface area (Å²) in [6, 6.07) is 19.2. The smallest absolute Gasteiger partial charge is 0.326 e. The van der Waals surface area contributed by atoms with E-state index >= 15 is 0 Å². The molecule has 1 aliphatic rings. The number of carbonyl (C=O) groups is 1. The Labute approximate surface area is 196 Å². The van der Waals surface area contributed by atoms with Gasteiger partial charge in [0.25, 0.3) is 0 Å². The number of nitrogens with one attached hydrogen (secondary N) is 1. The Morgan fingerprint density at radius 3 is 2.56 bits per heavy atom. The standard InChI is InChI=1S/C27H24FN3O3/c1-2-34-22-6-4-3-5-18(22)15-7-9-16(10-8-15)24-23-20(14-29)26(27(32)33)31-25(23)19-13-17(28)11-12-21(19)30-24/h3-13,20,26,31H,2,14,29H2,1H3,(H,32,33)/t20?,26-/m1/s1. The number of pyridine rings is 1. The van der Waals surface area contributed by atoms with Gasteiger partial charge >= 0.3 is 5.97 Å². The van der Waals surface area contributed by atoms with E-state index in [4.69, 9.17) is 15.5 Å². The van der Waals surface area contributed by atoms with Gasteiger partial charge in [-0.25, -0.2) is 14.2 Å². The Kier molecular flexibility index (Phi) is 5.63. The van der Waals surface area contributed by atoms with Crippen LogP contribution in [0, 0.1) is 5.82 Å². The molecule has 0 bridgehead atoms. The Bertz CT molecular complexity index is 1390. The SMILES string of the molecule is CCOc1ccccc1-c1ccc(-c2nc3ccc(F)cc3c3c2C(CN)[C@H](C(=O)O)N3)cc1. The summed E-state index contributed by atoms with van der Waals surface area (Å²) in [5.41, 5.74) is 11.3. The van der Waals surface area contributed by atoms with Gasteiger partial charge in [-0.1, -0.05) is 42.5 Å². The number of hydrogen-bond acceptors (Lipinski definition) is 5. The molecule has 7 heteroatoms. The van der Waals surface area contributed by atoms with Crippen LogP contribution < -0.4 is 15.8 Å². The highest BCUT2D eigenvalue weighted by Gasteiger charge is 2.39. The number of carboxylic acids is 1. The molecule has 4 N–H and O–H groups in total. The van der Waals surface area contributed by atoms with Gasteiger partial charge in [0.1, 0.15) is 17.6 Å². The summed E-state index contributed by atoms with van der Waals surface area (Å²) < 4.78 is 19.8. The molecule has 0 saturated carbocycles. The van der Waals surface area contributed by atoms with E-state index < -0.39 is 23.7 Å². The molecule has 0 fully saturated rings. The molecule has 2 atom stereocenters. The fraction of sp³-hybridized carbons (Fsp3) is 0.185. The summed E-state index contributed by atoms with van der Waals surface area (Å²) in [6.45, 7) is 2.64. The third kappa shape index (κ3) is 3.64. The second-order valence-corrected chi connectivity index (χ2v) is 8.22. The molecule has 34 heavy (non-hydrogen) atoms. The van der Waals surface area contributed by atoms with Crippen molar-refractivity contribution < 1.29 is 19.0 Å². The molecule has 6 nitrogen and oxygen atoms in total. The Hall–Kier alpha value is -3.97. The largest absolute Gasteiger partial charge is 0.493 e. The highest BCUT2D eigenvalue weighted by atomic mass is 19.1. The second-order valence-electron chi connectivity index (χ2n) is 8.22. The van der Waals surface area contributed by atoms with Crippen LogP contribution in [0.3, 0.4) is 0 Å². The summed E-state index contributed by atoms with van der Waals surface area (Å²) in [5.74, 6) is -1.11. The van der Waals surface area contributed by atoms with Crippen LogP contribution in [0.4, 0.5) is 10.1 Å². The lowest BCUT2D eigenvalue weighted by molar-refractivity contribution is -0.138. The quantitative estimate of drug-likeness (QED) is 0.376. The topological polar surface area (TPSA) is 97.5 Å². The highest BCUT2D eigenvalue weighted by Crippen LogP contribution is 2.45. The van der Waals surface area contributed by atoms with Gasteiger partial charge in [-0.05, 0) is 36.8 Å². The van der Waals surface area contributed by atoms with Gasteiger partial charge < -0.3 is 20.9 Å². The Morgan fingerprint density at radius 1 is 1.12 bits per heavy atom. The van der Waals surface area contributed by atoms with Crippen LogP contribution in [0.2, 0.25) is 0 Å². The number of carboxylic acid groups (broad SMARTS) is 1. The highest BCUT2D eigenvalue weighted by molar-refractivity contribution is 6.01. The number of benzene rings is 3. The van der Waals surface area contributed by atoms with Crippen molar-refractivity contribution in [2.45, 2.75) is 18.9 Å². The van der Waals surface area contributed by atoms with E-state index in [2.05, 4.69) is 5.32 Å². The van der Waals surface area contributed by atoms with Crippen molar-refractivity contribution in [3.8, 4) is 28.1 Å². The molecule has 0 spiro atoms. The molecule has 2 heterocycles. The van der Waals surface area contributed by atoms with Gasteiger partial charge in [0, 0.05) is 34.5 Å². The summed E-state index contributed by atoms with van der Waals surface area (Å²) >= 11 is 0. The van der Waals surface area contributed by atoms with Crippen molar-refractivity contribution in [2.75, 3.05) is 18.5 Å². The number of nitrogens with two attached hydrogens (primary N) is 1. The van der Waals surface area contributed by atoms with Gasteiger partial charge in [0.15, 0.2) is 0 Å². The van der Waals surface area contributed by atoms with Gasteiger partial charge in [-0.2, -0.15) is 0 Å². The van der Waals surface area contributed by atoms with E-state index in [-0.39, 0.29) is 6.54 Å². The van der Waals surface area contributed by atoms with Crippen LogP contribution in [0.25, 0.3) is 33.3 Å². The number of nitrogens with zero attached hydrogens (tertiary/aromatic N) is 1. The second kappa shape index (κ2) is 8.76. The first-order chi connectivity index (χ1) is 16.5. The first-order valence-electron chi connectivity index (χ1n) is 11.2. The van der Waals surface area contributed by atoms with E-state index in [0.717, 1.165) is 22.4 Å². The molecule has 3 aromatic carbocycles. The first-order valence-corrected chi connectivity index (χ1v) is 11.2. The van der Waals surface area contributed by atoms with Crippen LogP contribution in [-0.4, -0.2) is 35.3 Å². The summed E-state index contributed by atoms with van der Waals surface area (Å²) in [5, 5.41) is 13.4. The number of hydrogen-bond donors (Lipinski definition) is 3. The minimum atomic E-state index is -1.01. The molecule has 0 radical (unpaired) electrons. The zero-order valence-electron chi connectivity index (χ0n) is 18.6. The van der Waals surface area contributed by atoms with Crippen molar-refractivity contribution in [1.29, 1.82) is 0 Å².